The summed E-state index contributed by atoms with van der Waals surface area (Å²) in [5, 5.41) is 2.94. The molecular weight excluding hydrogens is 414 g/mol. The van der Waals surface area contributed by atoms with Crippen molar-refractivity contribution in [1.82, 2.24) is 5.43 Å². The SMILES string of the molecule is C=C1C(=O)C(=C(C)C(C)C(=C)C=CC)c2cc(NC(=O)CCCCCCC(=O)NN)ccc21. The van der Waals surface area contributed by atoms with Crippen molar-refractivity contribution in [1.29, 1.82) is 0 Å². The molecule has 4 N–H and O–H groups in total. The highest BCUT2D eigenvalue weighted by atomic mass is 16.2. The zero-order chi connectivity index (χ0) is 24.5. The van der Waals surface area contributed by atoms with Crippen LogP contribution in [-0.2, 0) is 14.4 Å². The number of allylic oxidation sites excluding steroid dienone is 6. The molecule has 0 saturated carbocycles. The van der Waals surface area contributed by atoms with Crippen LogP contribution in [0.15, 0.2) is 54.7 Å². The fourth-order valence-corrected chi connectivity index (χ4v) is 3.95. The standard InChI is InChI=1S/C27H35N3O3/c1-6-11-17(2)18(3)19(4)26-23-16-21(14-15-22(23)20(5)27(26)33)29-24(31)12-9-7-8-10-13-25(32)30-28/h6,11,14-16,18H,2,5,7-10,12-13,28H2,1,3-4H3,(H,29,31)(H,30,32). The molecule has 2 amide bonds. The van der Waals surface area contributed by atoms with Crippen molar-refractivity contribution in [2.45, 2.75) is 59.3 Å². The minimum atomic E-state index is -0.172. The molecule has 0 aliphatic heterocycles. The summed E-state index contributed by atoms with van der Waals surface area (Å²) in [6.45, 7) is 14.0. The largest absolute Gasteiger partial charge is 0.326 e. The summed E-state index contributed by atoms with van der Waals surface area (Å²) in [5.74, 6) is 4.74. The molecule has 1 aliphatic carbocycles. The maximum atomic E-state index is 13.0. The maximum absolute atomic E-state index is 13.0. The second-order valence-corrected chi connectivity index (χ2v) is 8.45. The molecule has 0 heterocycles. The first kappa shape index (κ1) is 26.0. The minimum absolute atomic E-state index is 0.00748. The van der Waals surface area contributed by atoms with E-state index in [2.05, 4.69) is 23.9 Å². The second-order valence-electron chi connectivity index (χ2n) is 8.45. The van der Waals surface area contributed by atoms with Gasteiger partial charge in [-0.3, -0.25) is 19.8 Å². The predicted molar refractivity (Wildman–Crippen MR) is 135 cm³/mol. The van der Waals surface area contributed by atoms with E-state index in [1.54, 1.807) is 6.07 Å². The lowest BCUT2D eigenvalue weighted by Gasteiger charge is -2.16. The third-order valence-corrected chi connectivity index (χ3v) is 6.10. The van der Waals surface area contributed by atoms with Gasteiger partial charge in [0.15, 0.2) is 5.78 Å². The van der Waals surface area contributed by atoms with Gasteiger partial charge in [-0.1, -0.05) is 56.7 Å². The van der Waals surface area contributed by atoms with Crippen LogP contribution in [0.25, 0.3) is 11.1 Å². The van der Waals surface area contributed by atoms with E-state index in [1.807, 2.05) is 45.1 Å². The van der Waals surface area contributed by atoms with Crippen molar-refractivity contribution in [2.24, 2.45) is 11.8 Å². The molecule has 0 bridgehead atoms. The fourth-order valence-electron chi connectivity index (χ4n) is 3.95. The molecule has 6 nitrogen and oxygen atoms in total. The van der Waals surface area contributed by atoms with Crippen LogP contribution >= 0.6 is 0 Å². The van der Waals surface area contributed by atoms with Gasteiger partial charge < -0.3 is 5.32 Å². The summed E-state index contributed by atoms with van der Waals surface area (Å²) >= 11 is 0. The second kappa shape index (κ2) is 12.1. The monoisotopic (exact) mass is 449 g/mol. The van der Waals surface area contributed by atoms with Crippen molar-refractivity contribution in [3.05, 3.63) is 65.8 Å². The zero-order valence-corrected chi connectivity index (χ0v) is 19.9. The Balaban J connectivity index is 2.07. The van der Waals surface area contributed by atoms with Gasteiger partial charge in [0.1, 0.15) is 0 Å². The molecule has 1 aromatic carbocycles. The Morgan fingerprint density at radius 3 is 2.33 bits per heavy atom. The Morgan fingerprint density at radius 1 is 1.09 bits per heavy atom. The maximum Gasteiger partial charge on any atom is 0.233 e. The fraction of sp³-hybridized carbons (Fsp3) is 0.370. The number of Topliss-reactive ketones (excluding diaryl/α,β-unsaturated/α-hetero) is 1. The highest BCUT2D eigenvalue weighted by Gasteiger charge is 2.31. The molecule has 1 unspecified atom stereocenters. The van der Waals surface area contributed by atoms with Gasteiger partial charge in [0, 0.05) is 35.6 Å². The summed E-state index contributed by atoms with van der Waals surface area (Å²) in [6, 6.07) is 5.51. The average molecular weight is 450 g/mol. The molecule has 0 spiro atoms. The van der Waals surface area contributed by atoms with E-state index in [-0.39, 0.29) is 23.5 Å². The molecule has 0 saturated heterocycles. The van der Waals surface area contributed by atoms with E-state index in [0.717, 1.165) is 48.0 Å². The van der Waals surface area contributed by atoms with Crippen LogP contribution in [0.1, 0.15) is 70.4 Å². The lowest BCUT2D eigenvalue weighted by atomic mass is 9.88. The van der Waals surface area contributed by atoms with Crippen molar-refractivity contribution < 1.29 is 14.4 Å². The number of anilines is 1. The quantitative estimate of drug-likeness (QED) is 0.109. The molecule has 1 aromatic rings. The van der Waals surface area contributed by atoms with E-state index in [1.165, 1.54) is 0 Å². The zero-order valence-electron chi connectivity index (χ0n) is 19.9. The normalized spacial score (nSPS) is 15.4. The molecular formula is C27H35N3O3. The van der Waals surface area contributed by atoms with Gasteiger partial charge in [-0.2, -0.15) is 0 Å². The van der Waals surface area contributed by atoms with Crippen LogP contribution in [0.2, 0.25) is 0 Å². The third kappa shape index (κ3) is 6.62. The molecule has 1 atom stereocenters. The number of rotatable bonds is 11. The van der Waals surface area contributed by atoms with Crippen LogP contribution < -0.4 is 16.6 Å². The summed E-state index contributed by atoms with van der Waals surface area (Å²) in [6.07, 6.45) is 7.91. The topological polar surface area (TPSA) is 101 Å². The molecule has 0 aromatic heterocycles. The smallest absolute Gasteiger partial charge is 0.233 e. The number of amides is 2. The number of unbranched alkanes of at least 4 members (excludes halogenated alkanes) is 3. The van der Waals surface area contributed by atoms with E-state index in [4.69, 9.17) is 5.84 Å². The van der Waals surface area contributed by atoms with Gasteiger partial charge in [0.25, 0.3) is 0 Å². The van der Waals surface area contributed by atoms with Crippen molar-refractivity contribution in [3.8, 4) is 0 Å². The Hall–Kier alpha value is -3.25. The summed E-state index contributed by atoms with van der Waals surface area (Å²) in [7, 11) is 0. The molecule has 6 heteroatoms. The van der Waals surface area contributed by atoms with Gasteiger partial charge in [0.2, 0.25) is 11.8 Å². The number of fused-ring (bicyclic) bond motifs is 1. The lowest BCUT2D eigenvalue weighted by Crippen LogP contribution is -2.29. The molecule has 1 aliphatic rings. The number of hydrogen-bond donors (Lipinski definition) is 3. The van der Waals surface area contributed by atoms with Crippen molar-refractivity contribution in [3.63, 3.8) is 0 Å². The van der Waals surface area contributed by atoms with E-state index in [0.29, 0.717) is 29.7 Å². The highest BCUT2D eigenvalue weighted by Crippen LogP contribution is 2.42. The van der Waals surface area contributed by atoms with Gasteiger partial charge in [-0.05, 0) is 55.5 Å². The number of benzene rings is 1. The highest BCUT2D eigenvalue weighted by molar-refractivity contribution is 6.47. The Bertz CT molecular complexity index is 1020. The number of carbonyl (C=O) groups is 3. The van der Waals surface area contributed by atoms with Crippen LogP contribution in [0.4, 0.5) is 5.69 Å². The molecule has 2 rings (SSSR count). The number of hydrazine groups is 1. The Labute approximate surface area is 196 Å². The first-order valence-electron chi connectivity index (χ1n) is 11.4. The van der Waals surface area contributed by atoms with Gasteiger partial charge in [-0.15, -0.1) is 0 Å². The number of carbonyl (C=O) groups excluding carboxylic acids is 3. The molecule has 33 heavy (non-hydrogen) atoms. The minimum Gasteiger partial charge on any atom is -0.326 e. The van der Waals surface area contributed by atoms with E-state index >= 15 is 0 Å². The lowest BCUT2D eigenvalue weighted by molar-refractivity contribution is -0.121. The summed E-state index contributed by atoms with van der Waals surface area (Å²) in [4.78, 5) is 36.5. The first-order valence-corrected chi connectivity index (χ1v) is 11.4. The Kier molecular flexibility index (Phi) is 9.55. The molecule has 0 fully saturated rings. The molecule has 0 radical (unpaired) electrons. The number of nitrogens with one attached hydrogen (secondary N) is 2. The molecule has 176 valence electrons. The van der Waals surface area contributed by atoms with Gasteiger partial charge in [0.05, 0.1) is 0 Å². The van der Waals surface area contributed by atoms with Crippen LogP contribution in [0.3, 0.4) is 0 Å². The number of nitrogens with two attached hydrogens (primary N) is 1. The van der Waals surface area contributed by atoms with Gasteiger partial charge in [-0.25, -0.2) is 5.84 Å². The summed E-state index contributed by atoms with van der Waals surface area (Å²) < 4.78 is 0. The number of ketones is 1. The van der Waals surface area contributed by atoms with Gasteiger partial charge >= 0.3 is 0 Å². The average Bonchev–Trinajstić information content (AvgIpc) is 3.04. The van der Waals surface area contributed by atoms with Crippen LogP contribution in [0, 0.1) is 5.92 Å². The van der Waals surface area contributed by atoms with E-state index in [9.17, 15) is 14.4 Å². The summed E-state index contributed by atoms with van der Waals surface area (Å²) in [5.41, 5.74) is 7.37. The number of hydrogen-bond acceptors (Lipinski definition) is 4. The van der Waals surface area contributed by atoms with Crippen LogP contribution in [-0.4, -0.2) is 17.6 Å². The predicted octanol–water partition coefficient (Wildman–Crippen LogP) is 5.09. The first-order chi connectivity index (χ1) is 15.7. The van der Waals surface area contributed by atoms with Crippen molar-refractivity contribution in [2.75, 3.05) is 5.32 Å². The van der Waals surface area contributed by atoms with Crippen molar-refractivity contribution >= 4 is 34.4 Å². The van der Waals surface area contributed by atoms with E-state index < -0.39 is 0 Å². The van der Waals surface area contributed by atoms with Crippen LogP contribution in [0.5, 0.6) is 0 Å². The third-order valence-electron chi connectivity index (χ3n) is 6.10. The Morgan fingerprint density at radius 2 is 1.73 bits per heavy atom.